The Hall–Kier alpha value is -1.34. The van der Waals surface area contributed by atoms with Crippen LogP contribution in [0.3, 0.4) is 0 Å². The van der Waals surface area contributed by atoms with Gasteiger partial charge in [0.2, 0.25) is 6.41 Å². The summed E-state index contributed by atoms with van der Waals surface area (Å²) in [6, 6.07) is 0. The van der Waals surface area contributed by atoms with Gasteiger partial charge in [0.1, 0.15) is 17.7 Å². The molecule has 0 aliphatic carbocycles. The summed E-state index contributed by atoms with van der Waals surface area (Å²) in [5.41, 5.74) is -0.852. The van der Waals surface area contributed by atoms with Gasteiger partial charge >= 0.3 is 11.9 Å². The number of carbonyl (C=O) groups excluding carboxylic acids is 3. The molecule has 0 rings (SSSR count). The largest absolute Gasteiger partial charge is 0.459 e. The first-order valence-electron chi connectivity index (χ1n) is 7.04. The van der Waals surface area contributed by atoms with Crippen LogP contribution in [-0.2, 0) is 23.9 Å². The quantitative estimate of drug-likeness (QED) is 0.593. The minimum absolute atomic E-state index is 0. The van der Waals surface area contributed by atoms with E-state index in [0.29, 0.717) is 6.41 Å². The maximum Gasteiger partial charge on any atom is 0.326 e. The number of hydrogen-bond donors (Lipinski definition) is 1. The van der Waals surface area contributed by atoms with Gasteiger partial charge in [-0.05, 0) is 48.6 Å². The zero-order valence-corrected chi connectivity index (χ0v) is 16.2. The maximum atomic E-state index is 11.0. The van der Waals surface area contributed by atoms with Crippen molar-refractivity contribution in [2.45, 2.75) is 52.7 Å². The Bertz CT molecular complexity index is 362. The Morgan fingerprint density at radius 1 is 1.00 bits per heavy atom. The first kappa shape index (κ1) is 26.6. The van der Waals surface area contributed by atoms with E-state index < -0.39 is 11.6 Å². The summed E-state index contributed by atoms with van der Waals surface area (Å²) >= 11 is 0. The number of amides is 1. The number of hydrogen-bond acceptors (Lipinski definition) is 6. The second kappa shape index (κ2) is 12.1. The van der Waals surface area contributed by atoms with E-state index in [0.717, 1.165) is 0 Å². The topological polar surface area (TPSA) is 84.9 Å². The van der Waals surface area contributed by atoms with Gasteiger partial charge in [-0.1, -0.05) is 0 Å². The minimum Gasteiger partial charge on any atom is -0.459 e. The SMILES string of the molecule is CN(C=O)CC(=O)OC(C)(C)C.CNCC(=O)OC(C)(C)C.Cl. The van der Waals surface area contributed by atoms with Crippen LogP contribution in [0.1, 0.15) is 41.5 Å². The fraction of sp³-hybridized carbons (Fsp3) is 0.800. The van der Waals surface area contributed by atoms with Crippen molar-refractivity contribution in [3.05, 3.63) is 0 Å². The van der Waals surface area contributed by atoms with Gasteiger partial charge < -0.3 is 19.7 Å². The van der Waals surface area contributed by atoms with Crippen molar-refractivity contribution in [3.8, 4) is 0 Å². The molecule has 138 valence electrons. The lowest BCUT2D eigenvalue weighted by molar-refractivity contribution is -0.157. The third kappa shape index (κ3) is 23.1. The molecule has 0 aromatic heterocycles. The van der Waals surface area contributed by atoms with Crippen LogP contribution < -0.4 is 5.32 Å². The molecule has 0 aliphatic heterocycles. The van der Waals surface area contributed by atoms with Crippen LogP contribution in [0.25, 0.3) is 0 Å². The van der Waals surface area contributed by atoms with Crippen LogP contribution in [0.2, 0.25) is 0 Å². The molecule has 1 N–H and O–H groups in total. The number of ether oxygens (including phenoxy) is 2. The molecule has 0 aliphatic rings. The van der Waals surface area contributed by atoms with Crippen molar-refractivity contribution in [2.75, 3.05) is 27.2 Å². The molecule has 0 atom stereocenters. The van der Waals surface area contributed by atoms with E-state index in [1.165, 1.54) is 11.9 Å². The van der Waals surface area contributed by atoms with E-state index in [2.05, 4.69) is 5.32 Å². The highest BCUT2D eigenvalue weighted by Crippen LogP contribution is 2.07. The number of halogens is 1. The van der Waals surface area contributed by atoms with E-state index in [-0.39, 0.29) is 37.1 Å². The molecule has 0 radical (unpaired) electrons. The van der Waals surface area contributed by atoms with Crippen molar-refractivity contribution in [1.29, 1.82) is 0 Å². The predicted octanol–water partition coefficient (Wildman–Crippen LogP) is 1.39. The Morgan fingerprint density at radius 3 is 1.70 bits per heavy atom. The van der Waals surface area contributed by atoms with Gasteiger partial charge in [-0.15, -0.1) is 12.4 Å². The second-order valence-electron chi connectivity index (χ2n) is 6.72. The summed E-state index contributed by atoms with van der Waals surface area (Å²) in [7, 11) is 3.24. The molecule has 0 saturated carbocycles. The molecular weight excluding hydrogens is 324 g/mol. The minimum atomic E-state index is -0.485. The molecular formula is C15H31ClN2O5. The molecule has 0 aromatic rings. The van der Waals surface area contributed by atoms with Crippen LogP contribution in [0.15, 0.2) is 0 Å². The molecule has 0 bridgehead atoms. The Kier molecular flexibility index (Phi) is 14.0. The van der Waals surface area contributed by atoms with Gasteiger partial charge in [0.15, 0.2) is 0 Å². The highest BCUT2D eigenvalue weighted by atomic mass is 35.5. The molecule has 23 heavy (non-hydrogen) atoms. The van der Waals surface area contributed by atoms with Crippen molar-refractivity contribution in [1.82, 2.24) is 10.2 Å². The summed E-state index contributed by atoms with van der Waals surface area (Å²) in [6.07, 6.45) is 0.587. The number of nitrogens with one attached hydrogen (secondary N) is 1. The summed E-state index contributed by atoms with van der Waals surface area (Å²) in [5.74, 6) is -0.605. The van der Waals surface area contributed by atoms with E-state index in [1.807, 2.05) is 20.8 Å². The molecule has 0 heterocycles. The summed E-state index contributed by atoms with van der Waals surface area (Å²) < 4.78 is 9.95. The lowest BCUT2D eigenvalue weighted by Crippen LogP contribution is -2.32. The van der Waals surface area contributed by atoms with E-state index >= 15 is 0 Å². The fourth-order valence-electron chi connectivity index (χ4n) is 1.14. The van der Waals surface area contributed by atoms with Crippen LogP contribution in [-0.4, -0.2) is 61.6 Å². The normalized spacial score (nSPS) is 10.4. The molecule has 1 amide bonds. The van der Waals surface area contributed by atoms with Crippen molar-refractivity contribution < 1.29 is 23.9 Å². The number of nitrogens with zero attached hydrogens (tertiary/aromatic N) is 1. The lowest BCUT2D eigenvalue weighted by Gasteiger charge is -2.20. The van der Waals surface area contributed by atoms with Crippen LogP contribution >= 0.6 is 12.4 Å². The predicted molar refractivity (Wildman–Crippen MR) is 91.6 cm³/mol. The molecule has 0 saturated heterocycles. The third-order valence-corrected chi connectivity index (χ3v) is 1.72. The smallest absolute Gasteiger partial charge is 0.326 e. The first-order chi connectivity index (χ1) is 9.80. The van der Waals surface area contributed by atoms with Crippen molar-refractivity contribution in [3.63, 3.8) is 0 Å². The molecule has 0 spiro atoms. The Labute approximate surface area is 145 Å². The van der Waals surface area contributed by atoms with E-state index in [1.54, 1.807) is 27.8 Å². The third-order valence-electron chi connectivity index (χ3n) is 1.72. The zero-order valence-electron chi connectivity index (χ0n) is 15.4. The van der Waals surface area contributed by atoms with Gasteiger partial charge in [-0.2, -0.15) is 0 Å². The average Bonchev–Trinajstić information content (AvgIpc) is 2.24. The van der Waals surface area contributed by atoms with Gasteiger partial charge in [0.05, 0.1) is 6.54 Å². The van der Waals surface area contributed by atoms with Gasteiger partial charge in [-0.3, -0.25) is 14.4 Å². The molecule has 0 aromatic carbocycles. The van der Waals surface area contributed by atoms with Crippen molar-refractivity contribution >= 4 is 30.8 Å². The monoisotopic (exact) mass is 354 g/mol. The van der Waals surface area contributed by atoms with Gasteiger partial charge in [0.25, 0.3) is 0 Å². The van der Waals surface area contributed by atoms with E-state index in [9.17, 15) is 14.4 Å². The molecule has 0 fully saturated rings. The number of likely N-dealkylation sites (N-methyl/N-ethyl adjacent to an activating group) is 2. The van der Waals surface area contributed by atoms with Crippen LogP contribution in [0.4, 0.5) is 0 Å². The Balaban J connectivity index is -0.000000338. The standard InChI is InChI=1S/C8H15NO3.C7H15NO2.ClH/c1-8(2,3)12-7(11)5-9(4)6-10;1-7(2,3)10-6(9)5-8-4;/h6H,5H2,1-4H3;8H,5H2,1-4H3;1H. The zero-order chi connectivity index (χ0) is 18.0. The fourth-order valence-corrected chi connectivity index (χ4v) is 1.14. The number of esters is 2. The molecule has 8 heteroatoms. The first-order valence-corrected chi connectivity index (χ1v) is 7.04. The summed E-state index contributed by atoms with van der Waals surface area (Å²) in [6.45, 7) is 11.2. The van der Waals surface area contributed by atoms with Gasteiger partial charge in [-0.25, -0.2) is 0 Å². The highest BCUT2D eigenvalue weighted by Gasteiger charge is 2.16. The molecule has 7 nitrogen and oxygen atoms in total. The van der Waals surface area contributed by atoms with E-state index in [4.69, 9.17) is 9.47 Å². The lowest BCUT2D eigenvalue weighted by atomic mass is 10.2. The Morgan fingerprint density at radius 2 is 1.39 bits per heavy atom. The summed E-state index contributed by atoms with van der Waals surface area (Å²) in [4.78, 5) is 33.1. The van der Waals surface area contributed by atoms with Crippen molar-refractivity contribution in [2.24, 2.45) is 0 Å². The number of rotatable bonds is 5. The second-order valence-corrected chi connectivity index (χ2v) is 6.72. The average molecular weight is 355 g/mol. The van der Waals surface area contributed by atoms with Gasteiger partial charge in [0, 0.05) is 7.05 Å². The number of carbonyl (C=O) groups is 3. The van der Waals surface area contributed by atoms with Crippen LogP contribution in [0, 0.1) is 0 Å². The van der Waals surface area contributed by atoms with Crippen LogP contribution in [0.5, 0.6) is 0 Å². The highest BCUT2D eigenvalue weighted by molar-refractivity contribution is 5.85. The molecule has 0 unspecified atom stereocenters. The summed E-state index contributed by atoms with van der Waals surface area (Å²) in [5, 5.41) is 2.72. The maximum absolute atomic E-state index is 11.0.